The minimum Gasteiger partial charge on any atom is -0.454 e. The topological polar surface area (TPSA) is 66.9 Å². The van der Waals surface area contributed by atoms with E-state index in [0.29, 0.717) is 13.0 Å². The quantitative estimate of drug-likeness (QED) is 0.718. The molecule has 7 heteroatoms. The Morgan fingerprint density at radius 2 is 1.59 bits per heavy atom. The normalized spacial score (nSPS) is 15.9. The van der Waals surface area contributed by atoms with Crippen LogP contribution in [0.25, 0.3) is 0 Å². The van der Waals surface area contributed by atoms with Gasteiger partial charge in [0.15, 0.2) is 6.61 Å². The number of esters is 1. The van der Waals surface area contributed by atoms with Crippen LogP contribution >= 0.6 is 11.8 Å². The number of likely N-dealkylation sites (tertiary alicyclic amines) is 1. The summed E-state index contributed by atoms with van der Waals surface area (Å²) in [7, 11) is 0. The number of benzene rings is 2. The lowest BCUT2D eigenvalue weighted by Crippen LogP contribution is -2.38. The fourth-order valence-electron chi connectivity index (χ4n) is 3.59. The maximum Gasteiger partial charge on any atom is 0.326 e. The maximum atomic E-state index is 13.0. The first-order valence-corrected chi connectivity index (χ1v) is 10.6. The molecule has 0 N–H and O–H groups in total. The molecule has 29 heavy (non-hydrogen) atoms. The minimum atomic E-state index is -0.554. The molecular weight excluding hydrogens is 388 g/mol. The zero-order valence-corrected chi connectivity index (χ0v) is 16.8. The first-order valence-electron chi connectivity index (χ1n) is 9.76. The van der Waals surface area contributed by atoms with Crippen LogP contribution in [0.15, 0.2) is 58.3 Å². The molecule has 0 saturated carbocycles. The van der Waals surface area contributed by atoms with E-state index in [9.17, 15) is 14.4 Å². The summed E-state index contributed by atoms with van der Waals surface area (Å²) in [5.41, 5.74) is 1.56. The first-order chi connectivity index (χ1) is 14.1. The molecule has 1 fully saturated rings. The van der Waals surface area contributed by atoms with Gasteiger partial charge >= 0.3 is 5.97 Å². The van der Waals surface area contributed by atoms with Crippen LogP contribution in [0.4, 0.5) is 11.4 Å². The second-order valence-electron chi connectivity index (χ2n) is 7.05. The standard InChI is InChI=1S/C22H22N2O4S/c25-20-12-2-1-7-13-23(20)14-22(27)28-15-21(26)24-16-8-3-5-10-18(16)29-19-11-6-4-9-17(19)24/h3-6,8-11H,1-2,7,12-15H2. The van der Waals surface area contributed by atoms with Gasteiger partial charge in [-0.05, 0) is 37.1 Å². The van der Waals surface area contributed by atoms with E-state index in [2.05, 4.69) is 0 Å². The van der Waals surface area contributed by atoms with Gasteiger partial charge in [0, 0.05) is 22.8 Å². The van der Waals surface area contributed by atoms with E-state index >= 15 is 0 Å². The molecule has 150 valence electrons. The Hall–Kier alpha value is -2.80. The molecule has 0 aliphatic carbocycles. The molecule has 2 aromatic carbocycles. The Kier molecular flexibility index (Phi) is 5.85. The van der Waals surface area contributed by atoms with E-state index in [-0.39, 0.29) is 25.0 Å². The van der Waals surface area contributed by atoms with Crippen LogP contribution in [0.2, 0.25) is 0 Å². The number of ether oxygens (including phenoxy) is 1. The van der Waals surface area contributed by atoms with Gasteiger partial charge in [0.05, 0.1) is 11.4 Å². The van der Waals surface area contributed by atoms with Gasteiger partial charge in [-0.2, -0.15) is 0 Å². The third-order valence-electron chi connectivity index (χ3n) is 5.03. The number of rotatable bonds is 4. The lowest BCUT2D eigenvalue weighted by Gasteiger charge is -2.30. The summed E-state index contributed by atoms with van der Waals surface area (Å²) in [4.78, 5) is 42.4. The number of carbonyl (C=O) groups is 3. The van der Waals surface area contributed by atoms with Gasteiger partial charge in [0.1, 0.15) is 6.54 Å². The minimum absolute atomic E-state index is 0.0262. The van der Waals surface area contributed by atoms with Crippen molar-refractivity contribution in [2.24, 2.45) is 0 Å². The van der Waals surface area contributed by atoms with E-state index in [0.717, 1.165) is 40.4 Å². The fourth-order valence-corrected chi connectivity index (χ4v) is 4.65. The Morgan fingerprint density at radius 3 is 2.28 bits per heavy atom. The average Bonchev–Trinajstić information content (AvgIpc) is 2.94. The third kappa shape index (κ3) is 4.29. The van der Waals surface area contributed by atoms with Crippen molar-refractivity contribution in [3.8, 4) is 0 Å². The van der Waals surface area contributed by atoms with Gasteiger partial charge in [-0.1, -0.05) is 42.4 Å². The van der Waals surface area contributed by atoms with Crippen molar-refractivity contribution in [2.45, 2.75) is 35.5 Å². The van der Waals surface area contributed by atoms with Gasteiger partial charge in [-0.25, -0.2) is 0 Å². The summed E-state index contributed by atoms with van der Waals surface area (Å²) in [5.74, 6) is -0.899. The molecule has 2 aliphatic rings. The summed E-state index contributed by atoms with van der Waals surface area (Å²) in [6.07, 6.45) is 3.19. The molecule has 0 radical (unpaired) electrons. The highest BCUT2D eigenvalue weighted by atomic mass is 32.2. The van der Waals surface area contributed by atoms with E-state index in [4.69, 9.17) is 4.74 Å². The number of para-hydroxylation sites is 2. The Balaban J connectivity index is 1.45. The van der Waals surface area contributed by atoms with Crippen molar-refractivity contribution >= 4 is 40.9 Å². The van der Waals surface area contributed by atoms with E-state index in [1.54, 1.807) is 16.7 Å². The van der Waals surface area contributed by atoms with Gasteiger partial charge in [-0.3, -0.25) is 19.3 Å². The van der Waals surface area contributed by atoms with E-state index in [1.807, 2.05) is 48.5 Å². The summed E-state index contributed by atoms with van der Waals surface area (Å²) in [5, 5.41) is 0. The fraction of sp³-hybridized carbons (Fsp3) is 0.318. The highest BCUT2D eigenvalue weighted by molar-refractivity contribution is 7.99. The first kappa shape index (κ1) is 19.5. The van der Waals surface area contributed by atoms with Crippen LogP contribution in [0.1, 0.15) is 25.7 Å². The number of amides is 2. The van der Waals surface area contributed by atoms with Crippen molar-refractivity contribution in [2.75, 3.05) is 24.6 Å². The predicted molar refractivity (Wildman–Crippen MR) is 110 cm³/mol. The van der Waals surface area contributed by atoms with Crippen LogP contribution in [-0.4, -0.2) is 42.4 Å². The highest BCUT2D eigenvalue weighted by Crippen LogP contribution is 2.47. The number of carbonyl (C=O) groups excluding carboxylic acids is 3. The largest absolute Gasteiger partial charge is 0.454 e. The zero-order valence-electron chi connectivity index (χ0n) is 16.0. The monoisotopic (exact) mass is 410 g/mol. The molecule has 0 spiro atoms. The molecule has 2 amide bonds. The number of anilines is 2. The summed E-state index contributed by atoms with van der Waals surface area (Å²) in [6, 6.07) is 15.3. The lowest BCUT2D eigenvalue weighted by atomic mass is 10.2. The summed E-state index contributed by atoms with van der Waals surface area (Å²) in [6.45, 7) is 0.0926. The maximum absolute atomic E-state index is 13.0. The Labute approximate surface area is 173 Å². The van der Waals surface area contributed by atoms with Crippen LogP contribution in [0.3, 0.4) is 0 Å². The molecule has 0 aromatic heterocycles. The van der Waals surface area contributed by atoms with Crippen LogP contribution in [0.5, 0.6) is 0 Å². The van der Waals surface area contributed by atoms with Crippen molar-refractivity contribution in [1.82, 2.24) is 4.90 Å². The molecule has 6 nitrogen and oxygen atoms in total. The average molecular weight is 410 g/mol. The number of hydrogen-bond donors (Lipinski definition) is 0. The lowest BCUT2D eigenvalue weighted by molar-refractivity contribution is -0.151. The van der Waals surface area contributed by atoms with Crippen LogP contribution in [0, 0.1) is 0 Å². The molecule has 0 atom stereocenters. The van der Waals surface area contributed by atoms with E-state index < -0.39 is 5.97 Å². The molecule has 4 rings (SSSR count). The van der Waals surface area contributed by atoms with Gasteiger partial charge < -0.3 is 9.64 Å². The van der Waals surface area contributed by atoms with Crippen molar-refractivity contribution < 1.29 is 19.1 Å². The van der Waals surface area contributed by atoms with Gasteiger partial charge in [0.2, 0.25) is 5.91 Å². The van der Waals surface area contributed by atoms with Gasteiger partial charge in [0.25, 0.3) is 5.91 Å². The number of nitrogens with zero attached hydrogens (tertiary/aromatic N) is 2. The Morgan fingerprint density at radius 1 is 0.931 bits per heavy atom. The van der Waals surface area contributed by atoms with E-state index in [1.165, 1.54) is 4.90 Å². The molecular formula is C22H22N2O4S. The molecule has 0 bridgehead atoms. The third-order valence-corrected chi connectivity index (χ3v) is 6.16. The molecule has 2 aromatic rings. The van der Waals surface area contributed by atoms with Crippen molar-refractivity contribution in [1.29, 1.82) is 0 Å². The predicted octanol–water partition coefficient (Wildman–Crippen LogP) is 3.76. The van der Waals surface area contributed by atoms with Crippen LogP contribution < -0.4 is 4.90 Å². The van der Waals surface area contributed by atoms with Gasteiger partial charge in [-0.15, -0.1) is 0 Å². The van der Waals surface area contributed by atoms with Crippen molar-refractivity contribution in [3.05, 3.63) is 48.5 Å². The number of hydrogen-bond acceptors (Lipinski definition) is 5. The second-order valence-corrected chi connectivity index (χ2v) is 8.14. The molecule has 2 aliphatic heterocycles. The van der Waals surface area contributed by atoms with Crippen LogP contribution in [-0.2, 0) is 19.1 Å². The number of fused-ring (bicyclic) bond motifs is 2. The SMILES string of the molecule is O=C(CN1CCCCCC1=O)OCC(=O)N1c2ccccc2Sc2ccccc21. The summed E-state index contributed by atoms with van der Waals surface area (Å²) >= 11 is 1.61. The zero-order chi connectivity index (χ0) is 20.2. The highest BCUT2D eigenvalue weighted by Gasteiger charge is 2.29. The Bertz CT molecular complexity index is 900. The van der Waals surface area contributed by atoms with Crippen molar-refractivity contribution in [3.63, 3.8) is 0 Å². The molecule has 1 saturated heterocycles. The smallest absolute Gasteiger partial charge is 0.326 e. The second kappa shape index (κ2) is 8.69. The summed E-state index contributed by atoms with van der Waals surface area (Å²) < 4.78 is 5.25. The molecule has 0 unspecified atom stereocenters. The molecule has 2 heterocycles.